The Hall–Kier alpha value is -1.71. The van der Waals surface area contributed by atoms with Crippen molar-refractivity contribution in [3.63, 3.8) is 0 Å². The molecule has 0 radical (unpaired) electrons. The Balaban J connectivity index is 2.55. The second-order valence-corrected chi connectivity index (χ2v) is 4.52. The van der Waals surface area contributed by atoms with Crippen molar-refractivity contribution in [1.29, 1.82) is 0 Å². The molecule has 0 saturated heterocycles. The second kappa shape index (κ2) is 8.40. The van der Waals surface area contributed by atoms with Gasteiger partial charge in [-0.05, 0) is 25.0 Å². The lowest BCUT2D eigenvalue weighted by atomic mass is 10.1. The van der Waals surface area contributed by atoms with E-state index in [2.05, 4.69) is 41.6 Å². The highest BCUT2D eigenvalue weighted by Crippen LogP contribution is 2.19. The zero-order valence-corrected chi connectivity index (χ0v) is 12.4. The van der Waals surface area contributed by atoms with Gasteiger partial charge in [-0.25, -0.2) is 0 Å². The first kappa shape index (κ1) is 15.3. The van der Waals surface area contributed by atoms with Crippen LogP contribution in [0, 0.1) is 6.92 Å². The first-order chi connectivity index (χ1) is 9.21. The Bertz CT molecular complexity index is 416. The van der Waals surface area contributed by atoms with Crippen LogP contribution >= 0.6 is 0 Å². The normalized spacial score (nSPS) is 11.3. The van der Waals surface area contributed by atoms with Crippen molar-refractivity contribution in [2.24, 2.45) is 4.99 Å². The van der Waals surface area contributed by atoms with Gasteiger partial charge in [-0.2, -0.15) is 0 Å². The van der Waals surface area contributed by atoms with Crippen LogP contribution in [0.1, 0.15) is 30.9 Å². The average Bonchev–Trinajstić information content (AvgIpc) is 2.43. The number of methoxy groups -OCH3 is 1. The molecule has 19 heavy (non-hydrogen) atoms. The van der Waals surface area contributed by atoms with Crippen LogP contribution in [0.2, 0.25) is 0 Å². The smallest absolute Gasteiger partial charge is 0.191 e. The third kappa shape index (κ3) is 5.20. The van der Waals surface area contributed by atoms with Crippen LogP contribution in [0.25, 0.3) is 0 Å². The van der Waals surface area contributed by atoms with Gasteiger partial charge in [-0.3, -0.25) is 4.99 Å². The van der Waals surface area contributed by atoms with E-state index in [1.54, 1.807) is 14.2 Å². The van der Waals surface area contributed by atoms with Gasteiger partial charge < -0.3 is 15.4 Å². The number of hydrogen-bond acceptors (Lipinski definition) is 2. The number of rotatable bonds is 6. The molecule has 1 aromatic rings. The number of unbranched alkanes of at least 4 members (excludes halogenated alkanes) is 1. The van der Waals surface area contributed by atoms with E-state index in [9.17, 15) is 0 Å². The second-order valence-electron chi connectivity index (χ2n) is 4.52. The zero-order valence-electron chi connectivity index (χ0n) is 12.4. The third-order valence-corrected chi connectivity index (χ3v) is 2.94. The highest BCUT2D eigenvalue weighted by atomic mass is 16.5. The fourth-order valence-electron chi connectivity index (χ4n) is 1.78. The number of nitrogens with one attached hydrogen (secondary N) is 2. The molecule has 0 aliphatic heterocycles. The number of aryl methyl sites for hydroxylation is 1. The van der Waals surface area contributed by atoms with Crippen LogP contribution in [0.5, 0.6) is 5.75 Å². The number of nitrogens with zero attached hydrogens (tertiary/aromatic N) is 1. The summed E-state index contributed by atoms with van der Waals surface area (Å²) in [5.41, 5.74) is 2.33. The number of guanidine groups is 1. The number of aliphatic imine (C=N–C) groups is 1. The van der Waals surface area contributed by atoms with Crippen molar-refractivity contribution in [3.8, 4) is 5.75 Å². The molecule has 0 saturated carbocycles. The molecule has 0 fully saturated rings. The average molecular weight is 263 g/mol. The fourth-order valence-corrected chi connectivity index (χ4v) is 1.78. The molecule has 0 aromatic heterocycles. The molecule has 0 heterocycles. The fraction of sp³-hybridized carbons (Fsp3) is 0.533. The van der Waals surface area contributed by atoms with E-state index in [4.69, 9.17) is 4.74 Å². The van der Waals surface area contributed by atoms with E-state index in [0.29, 0.717) is 6.54 Å². The van der Waals surface area contributed by atoms with Crippen LogP contribution < -0.4 is 15.4 Å². The Morgan fingerprint density at radius 1 is 1.32 bits per heavy atom. The van der Waals surface area contributed by atoms with Crippen molar-refractivity contribution in [2.75, 3.05) is 20.7 Å². The van der Waals surface area contributed by atoms with E-state index >= 15 is 0 Å². The number of ether oxygens (including phenoxy) is 1. The van der Waals surface area contributed by atoms with Crippen LogP contribution in [-0.4, -0.2) is 26.7 Å². The first-order valence-electron chi connectivity index (χ1n) is 6.79. The van der Waals surface area contributed by atoms with Crippen LogP contribution in [0.15, 0.2) is 23.2 Å². The van der Waals surface area contributed by atoms with E-state index in [1.165, 1.54) is 12.0 Å². The molecule has 106 valence electrons. The Labute approximate surface area is 116 Å². The molecule has 0 atom stereocenters. The maximum absolute atomic E-state index is 5.39. The molecule has 1 aromatic carbocycles. The molecule has 0 aliphatic carbocycles. The highest BCUT2D eigenvalue weighted by molar-refractivity contribution is 5.79. The predicted octanol–water partition coefficient (Wildman–Crippen LogP) is 2.47. The molecule has 2 N–H and O–H groups in total. The summed E-state index contributed by atoms with van der Waals surface area (Å²) in [7, 11) is 3.49. The van der Waals surface area contributed by atoms with Crippen molar-refractivity contribution in [1.82, 2.24) is 10.6 Å². The highest BCUT2D eigenvalue weighted by Gasteiger charge is 2.04. The van der Waals surface area contributed by atoms with Gasteiger partial charge in [0.2, 0.25) is 0 Å². The van der Waals surface area contributed by atoms with Gasteiger partial charge in [-0.1, -0.05) is 25.5 Å². The standard InChI is InChI=1S/C15H25N3O/c1-5-6-9-17-15(16-3)18-11-13-8-7-12(2)10-14(13)19-4/h7-8,10H,5-6,9,11H2,1-4H3,(H2,16,17,18). The number of hydrogen-bond donors (Lipinski definition) is 2. The lowest BCUT2D eigenvalue weighted by Gasteiger charge is -2.14. The summed E-state index contributed by atoms with van der Waals surface area (Å²) in [6.45, 7) is 5.89. The van der Waals surface area contributed by atoms with Gasteiger partial charge in [0.15, 0.2) is 5.96 Å². The van der Waals surface area contributed by atoms with Crippen LogP contribution in [0.3, 0.4) is 0 Å². The molecule has 0 spiro atoms. The largest absolute Gasteiger partial charge is 0.496 e. The van der Waals surface area contributed by atoms with E-state index in [-0.39, 0.29) is 0 Å². The van der Waals surface area contributed by atoms with E-state index in [0.717, 1.165) is 30.2 Å². The van der Waals surface area contributed by atoms with Crippen molar-refractivity contribution in [2.45, 2.75) is 33.2 Å². The van der Waals surface area contributed by atoms with E-state index in [1.807, 2.05) is 6.07 Å². The maximum atomic E-state index is 5.39. The lowest BCUT2D eigenvalue weighted by molar-refractivity contribution is 0.408. The third-order valence-electron chi connectivity index (χ3n) is 2.94. The molecule has 0 aliphatic rings. The Morgan fingerprint density at radius 2 is 2.11 bits per heavy atom. The van der Waals surface area contributed by atoms with Gasteiger partial charge in [-0.15, -0.1) is 0 Å². The summed E-state index contributed by atoms with van der Waals surface area (Å²) < 4.78 is 5.39. The minimum Gasteiger partial charge on any atom is -0.496 e. The summed E-state index contributed by atoms with van der Waals surface area (Å²) in [6.07, 6.45) is 2.32. The van der Waals surface area contributed by atoms with Gasteiger partial charge in [0.05, 0.1) is 7.11 Å². The van der Waals surface area contributed by atoms with Gasteiger partial charge in [0, 0.05) is 25.7 Å². The Kier molecular flexibility index (Phi) is 6.79. The monoisotopic (exact) mass is 263 g/mol. The first-order valence-corrected chi connectivity index (χ1v) is 6.79. The minimum absolute atomic E-state index is 0.704. The zero-order chi connectivity index (χ0) is 14.1. The topological polar surface area (TPSA) is 45.7 Å². The van der Waals surface area contributed by atoms with E-state index < -0.39 is 0 Å². The summed E-state index contributed by atoms with van der Waals surface area (Å²) in [6, 6.07) is 6.22. The van der Waals surface area contributed by atoms with Gasteiger partial charge >= 0.3 is 0 Å². The minimum atomic E-state index is 0.704. The van der Waals surface area contributed by atoms with Gasteiger partial charge in [0.25, 0.3) is 0 Å². The summed E-state index contributed by atoms with van der Waals surface area (Å²) >= 11 is 0. The number of benzene rings is 1. The van der Waals surface area contributed by atoms with Crippen molar-refractivity contribution in [3.05, 3.63) is 29.3 Å². The van der Waals surface area contributed by atoms with Crippen molar-refractivity contribution < 1.29 is 4.74 Å². The molecule has 0 amide bonds. The summed E-state index contributed by atoms with van der Waals surface area (Å²) in [5, 5.41) is 6.59. The molecular weight excluding hydrogens is 238 g/mol. The predicted molar refractivity (Wildman–Crippen MR) is 80.8 cm³/mol. The summed E-state index contributed by atoms with van der Waals surface area (Å²) in [5.74, 6) is 1.74. The van der Waals surface area contributed by atoms with Crippen LogP contribution in [0.4, 0.5) is 0 Å². The summed E-state index contributed by atoms with van der Waals surface area (Å²) in [4.78, 5) is 4.20. The molecular formula is C15H25N3O. The van der Waals surface area contributed by atoms with Gasteiger partial charge in [0.1, 0.15) is 5.75 Å². The SMILES string of the molecule is CCCCNC(=NC)NCc1ccc(C)cc1OC. The molecule has 4 nitrogen and oxygen atoms in total. The quantitative estimate of drug-likeness (QED) is 0.471. The van der Waals surface area contributed by atoms with Crippen molar-refractivity contribution >= 4 is 5.96 Å². The molecule has 0 unspecified atom stereocenters. The molecule has 0 bridgehead atoms. The molecule has 1 rings (SSSR count). The van der Waals surface area contributed by atoms with Crippen LogP contribution in [-0.2, 0) is 6.54 Å². The molecule has 4 heteroatoms. The lowest BCUT2D eigenvalue weighted by Crippen LogP contribution is -2.37. The Morgan fingerprint density at radius 3 is 2.74 bits per heavy atom. The maximum Gasteiger partial charge on any atom is 0.191 e.